The van der Waals surface area contributed by atoms with Crippen LogP contribution in [0.1, 0.15) is 45.2 Å². The molecule has 6 rings (SSSR count). The van der Waals surface area contributed by atoms with E-state index in [9.17, 15) is 27.7 Å². The largest absolute Gasteiger partial charge is 0.481 e. The Morgan fingerprint density at radius 1 is 0.841 bits per heavy atom. The lowest BCUT2D eigenvalue weighted by atomic mass is 10.0. The monoisotopic (exact) mass is 908 g/mol. The number of aliphatic hydroxyl groups excluding tert-OH is 1. The van der Waals surface area contributed by atoms with Crippen molar-refractivity contribution in [3.05, 3.63) is 120 Å². The van der Waals surface area contributed by atoms with Crippen LogP contribution in [0.3, 0.4) is 0 Å². The molecule has 63 heavy (non-hydrogen) atoms. The fourth-order valence-corrected chi connectivity index (χ4v) is 10.5. The molecule has 1 unspecified atom stereocenters. The Morgan fingerprint density at radius 2 is 1.52 bits per heavy atom. The number of amides is 2. The first-order chi connectivity index (χ1) is 30.2. The average Bonchev–Trinajstić information content (AvgIpc) is 3.88. The summed E-state index contributed by atoms with van der Waals surface area (Å²) < 4.78 is 77.4. The molecular weight excluding hydrogens is 852 g/mol. The first-order valence-corrected chi connectivity index (χ1v) is 24.2. The van der Waals surface area contributed by atoms with Gasteiger partial charge in [0.2, 0.25) is 10.0 Å². The van der Waals surface area contributed by atoms with E-state index in [1.807, 2.05) is 64.1 Å². The number of benzene rings is 4. The van der Waals surface area contributed by atoms with E-state index >= 15 is 0 Å². The first-order valence-electron chi connectivity index (χ1n) is 21.0. The summed E-state index contributed by atoms with van der Waals surface area (Å²) in [6.07, 6.45) is -3.41. The molecule has 16 nitrogen and oxygen atoms in total. The third-order valence-electron chi connectivity index (χ3n) is 10.2. The van der Waals surface area contributed by atoms with Crippen LogP contribution in [0.4, 0.5) is 15.3 Å². The van der Waals surface area contributed by atoms with E-state index in [2.05, 4.69) is 15.7 Å². The molecule has 2 aliphatic heterocycles. The number of alkyl carbamates (subject to hydrolysis) is 1. The SMILES string of the molecule is CC(C)CN(C[C@@H](O)[C@H](Cc1ccc(NC(=O)OCc2ccccc2)cc1)NC(=O)O[C@H]1CO[C@H]2OCC[C@H]21)S(=O)(=O)c1ccc(OCP(=O)(NC(C)C)Oc2ccccc2)cc1. The van der Waals surface area contributed by atoms with Crippen LogP contribution in [0.25, 0.3) is 0 Å². The quantitative estimate of drug-likeness (QED) is 0.0616. The van der Waals surface area contributed by atoms with Crippen LogP contribution < -0.4 is 25.0 Å². The predicted octanol–water partition coefficient (Wildman–Crippen LogP) is 7.15. The van der Waals surface area contributed by atoms with Gasteiger partial charge in [-0.05, 0) is 92.3 Å². The molecule has 0 aliphatic carbocycles. The lowest BCUT2D eigenvalue weighted by Gasteiger charge is -2.31. The summed E-state index contributed by atoms with van der Waals surface area (Å²) in [5.74, 6) is 0.418. The molecule has 2 aliphatic rings. The van der Waals surface area contributed by atoms with Crippen molar-refractivity contribution in [2.75, 3.05) is 38.0 Å². The number of sulfonamides is 1. The van der Waals surface area contributed by atoms with Gasteiger partial charge in [-0.15, -0.1) is 0 Å². The van der Waals surface area contributed by atoms with E-state index in [1.54, 1.807) is 48.5 Å². The zero-order chi connectivity index (χ0) is 45.0. The van der Waals surface area contributed by atoms with Crippen LogP contribution >= 0.6 is 7.52 Å². The minimum Gasteiger partial charge on any atom is -0.481 e. The lowest BCUT2D eigenvalue weighted by molar-refractivity contribution is -0.0907. The van der Waals surface area contributed by atoms with E-state index in [0.717, 1.165) is 5.56 Å². The maximum Gasteiger partial charge on any atom is 0.411 e. The van der Waals surface area contributed by atoms with Crippen LogP contribution in [-0.2, 0) is 46.6 Å². The second kappa shape index (κ2) is 22.1. The smallest absolute Gasteiger partial charge is 0.411 e. The summed E-state index contributed by atoms with van der Waals surface area (Å²) in [7, 11) is -7.75. The minimum atomic E-state index is -4.21. The average molecular weight is 909 g/mol. The zero-order valence-corrected chi connectivity index (χ0v) is 37.5. The van der Waals surface area contributed by atoms with Gasteiger partial charge in [0.25, 0.3) is 0 Å². The summed E-state index contributed by atoms with van der Waals surface area (Å²) in [6.45, 7) is 7.82. The van der Waals surface area contributed by atoms with E-state index in [0.29, 0.717) is 30.0 Å². The number of hydrogen-bond acceptors (Lipinski definition) is 12. The van der Waals surface area contributed by atoms with Crippen LogP contribution in [0.5, 0.6) is 11.5 Å². The number of hydrogen-bond donors (Lipinski definition) is 4. The Bertz CT molecular complexity index is 2240. The highest BCUT2D eigenvalue weighted by molar-refractivity contribution is 7.89. The number of para-hydroxylation sites is 1. The molecule has 4 aromatic rings. The Hall–Kier alpha value is -5.00. The van der Waals surface area contributed by atoms with Crippen molar-refractivity contribution >= 4 is 35.4 Å². The van der Waals surface area contributed by atoms with E-state index < -0.39 is 54.3 Å². The van der Waals surface area contributed by atoms with Crippen molar-refractivity contribution in [2.45, 2.75) is 82.6 Å². The normalized spacial score (nSPS) is 19.2. The third kappa shape index (κ3) is 14.0. The van der Waals surface area contributed by atoms with Crippen molar-refractivity contribution in [2.24, 2.45) is 11.8 Å². The highest BCUT2D eigenvalue weighted by Gasteiger charge is 2.44. The Morgan fingerprint density at radius 3 is 2.19 bits per heavy atom. The molecule has 2 fully saturated rings. The molecule has 0 bridgehead atoms. The van der Waals surface area contributed by atoms with E-state index in [4.69, 9.17) is 28.2 Å². The van der Waals surface area contributed by atoms with Gasteiger partial charge in [0, 0.05) is 24.8 Å². The molecule has 0 aromatic heterocycles. The van der Waals surface area contributed by atoms with Crippen molar-refractivity contribution in [1.82, 2.24) is 14.7 Å². The first kappa shape index (κ1) is 47.5. The van der Waals surface area contributed by atoms with Gasteiger partial charge in [-0.3, -0.25) is 9.88 Å². The molecule has 4 aromatic carbocycles. The standard InChI is InChI=1S/C45H57N4O12PS/c1-31(2)26-49(63(54,55)38-21-19-36(20-22-38)59-30-62(53,48-32(3)4)61-37-13-9-6-10-14-37)27-41(50)40(47-45(52)60-42-29-57-43-39(42)23-24-56-43)25-33-15-17-35(18-16-33)46-44(51)58-28-34-11-7-5-8-12-34/h5-22,31-32,39-43,50H,23-30H2,1-4H3,(H,46,51)(H,47,52)(H,48,53)/t39-,40-,41+,42-,43+,62?/m0/s1. The van der Waals surface area contributed by atoms with Gasteiger partial charge in [-0.25, -0.2) is 23.1 Å². The summed E-state index contributed by atoms with van der Waals surface area (Å²) in [5, 5.41) is 20.3. The van der Waals surface area contributed by atoms with Gasteiger partial charge in [0.1, 0.15) is 24.2 Å². The minimum absolute atomic E-state index is 0.0545. The fraction of sp³-hybridized carbons (Fsp3) is 0.422. The van der Waals surface area contributed by atoms with Gasteiger partial charge >= 0.3 is 19.7 Å². The van der Waals surface area contributed by atoms with Gasteiger partial charge in [0.15, 0.2) is 12.6 Å². The molecule has 0 spiro atoms. The van der Waals surface area contributed by atoms with Crippen molar-refractivity contribution in [1.29, 1.82) is 0 Å². The number of ether oxygens (including phenoxy) is 5. The number of rotatable bonds is 21. The molecular formula is C45H57N4O12PS. The molecule has 18 heteroatoms. The third-order valence-corrected chi connectivity index (χ3v) is 13.9. The highest BCUT2D eigenvalue weighted by Crippen LogP contribution is 2.44. The molecule has 6 atom stereocenters. The topological polar surface area (TPSA) is 200 Å². The Kier molecular flexibility index (Phi) is 16.6. The maximum atomic E-state index is 14.3. The summed E-state index contributed by atoms with van der Waals surface area (Å²) in [5.41, 5.74) is 1.98. The number of fused-ring (bicyclic) bond motifs is 1. The second-order valence-corrected chi connectivity index (χ2v) is 20.2. The summed E-state index contributed by atoms with van der Waals surface area (Å²) in [4.78, 5) is 25.9. The Balaban J connectivity index is 1.14. The van der Waals surface area contributed by atoms with Crippen molar-refractivity contribution in [3.63, 3.8) is 0 Å². The fourth-order valence-electron chi connectivity index (χ4n) is 7.17. The van der Waals surface area contributed by atoms with Crippen molar-refractivity contribution < 1.29 is 55.9 Å². The maximum absolute atomic E-state index is 14.3. The summed E-state index contributed by atoms with van der Waals surface area (Å²) in [6, 6.07) is 29.3. The molecule has 340 valence electrons. The second-order valence-electron chi connectivity index (χ2n) is 16.2. The molecule has 2 amide bonds. The molecule has 0 saturated carbocycles. The number of carbonyl (C=O) groups is 2. The molecule has 2 heterocycles. The van der Waals surface area contributed by atoms with Crippen LogP contribution in [0, 0.1) is 11.8 Å². The van der Waals surface area contributed by atoms with Crippen LogP contribution in [0.2, 0.25) is 0 Å². The van der Waals surface area contributed by atoms with Gasteiger partial charge in [0.05, 0.1) is 36.2 Å². The molecule has 0 radical (unpaired) electrons. The van der Waals surface area contributed by atoms with E-state index in [-0.39, 0.29) is 67.6 Å². The molecule has 4 N–H and O–H groups in total. The Labute approximate surface area is 369 Å². The van der Waals surface area contributed by atoms with Gasteiger partial charge in [-0.1, -0.05) is 74.5 Å². The lowest BCUT2D eigenvalue weighted by Crippen LogP contribution is -2.51. The number of nitrogens with one attached hydrogen (secondary N) is 3. The number of aliphatic hydroxyl groups is 1. The van der Waals surface area contributed by atoms with Crippen molar-refractivity contribution in [3.8, 4) is 11.5 Å². The number of anilines is 1. The number of nitrogens with zero attached hydrogens (tertiary/aromatic N) is 1. The van der Waals surface area contributed by atoms with Gasteiger partial charge < -0.3 is 38.6 Å². The van der Waals surface area contributed by atoms with Crippen LogP contribution in [0.15, 0.2) is 114 Å². The van der Waals surface area contributed by atoms with E-state index in [1.165, 1.54) is 28.6 Å². The van der Waals surface area contributed by atoms with Crippen LogP contribution in [-0.4, -0.2) is 93.2 Å². The molecule has 2 saturated heterocycles. The highest BCUT2D eigenvalue weighted by atomic mass is 32.2. The number of carbonyl (C=O) groups excluding carboxylic acids is 2. The predicted molar refractivity (Wildman–Crippen MR) is 236 cm³/mol. The summed E-state index contributed by atoms with van der Waals surface area (Å²) >= 11 is 0. The van der Waals surface area contributed by atoms with Gasteiger partial charge in [-0.2, -0.15) is 4.31 Å². The zero-order valence-electron chi connectivity index (χ0n) is 35.8.